The zero-order chi connectivity index (χ0) is 18.3. The molecule has 2 N–H and O–H groups in total. The van der Waals surface area contributed by atoms with Gasteiger partial charge in [0, 0.05) is 30.8 Å². The lowest BCUT2D eigenvalue weighted by molar-refractivity contribution is 0.223. The summed E-state index contributed by atoms with van der Waals surface area (Å²) in [5.41, 5.74) is 2.41. The molecule has 0 atom stereocenters. The highest BCUT2D eigenvalue weighted by atomic mass is 35.5. The summed E-state index contributed by atoms with van der Waals surface area (Å²) < 4.78 is 6.33. The highest BCUT2D eigenvalue weighted by Crippen LogP contribution is 2.30. The molecule has 0 saturated carbocycles. The quantitative estimate of drug-likeness (QED) is 0.624. The summed E-state index contributed by atoms with van der Waals surface area (Å²) in [4.78, 5) is 20.0. The average Bonchev–Trinajstić information content (AvgIpc) is 3.06. The van der Waals surface area contributed by atoms with Gasteiger partial charge in [-0.1, -0.05) is 23.2 Å². The maximum atomic E-state index is 12.1. The van der Waals surface area contributed by atoms with Gasteiger partial charge >= 0.3 is 0 Å². The number of benzene rings is 1. The van der Waals surface area contributed by atoms with E-state index in [1.165, 1.54) is 0 Å². The van der Waals surface area contributed by atoms with E-state index < -0.39 is 0 Å². The largest absolute Gasteiger partial charge is 0.460 e. The number of H-pyrrole nitrogens is 2. The lowest BCUT2D eigenvalue weighted by atomic mass is 10.1. The van der Waals surface area contributed by atoms with Crippen LogP contribution in [0.2, 0.25) is 10.0 Å². The van der Waals surface area contributed by atoms with Gasteiger partial charge in [0.15, 0.2) is 4.77 Å². The molecule has 0 fully saturated rings. The monoisotopic (exact) mass is 407 g/mol. The van der Waals surface area contributed by atoms with Crippen LogP contribution in [0.5, 0.6) is 0 Å². The van der Waals surface area contributed by atoms with Crippen molar-refractivity contribution < 1.29 is 4.42 Å². The smallest absolute Gasteiger partial charge is 0.256 e. The van der Waals surface area contributed by atoms with E-state index in [1.54, 1.807) is 12.1 Å². The maximum absolute atomic E-state index is 12.1. The first-order valence-electron chi connectivity index (χ1n) is 8.10. The Labute approximate surface area is 164 Å². The Bertz CT molecular complexity index is 1090. The molecule has 1 aromatic carbocycles. The number of hydrogen-bond donors (Lipinski definition) is 2. The predicted octanol–water partition coefficient (Wildman–Crippen LogP) is 4.56. The third-order valence-corrected chi connectivity index (χ3v) is 5.38. The van der Waals surface area contributed by atoms with Crippen LogP contribution in [0.15, 0.2) is 39.5 Å². The molecule has 0 unspecified atom stereocenters. The molecule has 0 amide bonds. The fraction of sp³-hybridized carbons (Fsp3) is 0.222. The van der Waals surface area contributed by atoms with E-state index in [0.29, 0.717) is 27.9 Å². The standard InChI is InChI=1S/C18H15Cl2N3O2S/c19-13-3-1-10(7-14(13)20)16-4-2-11(25-16)8-23-6-5-15-12(9-23)17(24)22-18(26)21-15/h1-4,7H,5-6,8-9H2,(H2,21,22,24,26). The number of aromatic nitrogens is 2. The summed E-state index contributed by atoms with van der Waals surface area (Å²) in [6.45, 7) is 2.00. The third kappa shape index (κ3) is 3.50. The summed E-state index contributed by atoms with van der Waals surface area (Å²) >= 11 is 17.1. The normalized spacial score (nSPS) is 14.4. The fourth-order valence-corrected chi connectivity index (χ4v) is 3.65. The van der Waals surface area contributed by atoms with Crippen LogP contribution >= 0.6 is 35.4 Å². The highest BCUT2D eigenvalue weighted by Gasteiger charge is 2.20. The van der Waals surface area contributed by atoms with E-state index >= 15 is 0 Å². The van der Waals surface area contributed by atoms with E-state index in [1.807, 2.05) is 18.2 Å². The second-order valence-corrected chi connectivity index (χ2v) is 7.44. The summed E-state index contributed by atoms with van der Waals surface area (Å²) in [7, 11) is 0. The zero-order valence-corrected chi connectivity index (χ0v) is 16.0. The van der Waals surface area contributed by atoms with Gasteiger partial charge in [0.2, 0.25) is 0 Å². The van der Waals surface area contributed by atoms with Crippen LogP contribution in [0.1, 0.15) is 17.0 Å². The van der Waals surface area contributed by atoms with Gasteiger partial charge in [0.05, 0.1) is 22.2 Å². The molecule has 0 saturated heterocycles. The fourth-order valence-electron chi connectivity index (χ4n) is 3.14. The van der Waals surface area contributed by atoms with Crippen LogP contribution in [0.25, 0.3) is 11.3 Å². The van der Waals surface area contributed by atoms with Crippen molar-refractivity contribution in [2.45, 2.75) is 19.5 Å². The predicted molar refractivity (Wildman–Crippen MR) is 104 cm³/mol. The van der Waals surface area contributed by atoms with E-state index in [0.717, 1.165) is 41.3 Å². The molecule has 1 aliphatic rings. The Morgan fingerprint density at radius 2 is 2.00 bits per heavy atom. The van der Waals surface area contributed by atoms with Crippen molar-refractivity contribution in [3.8, 4) is 11.3 Å². The number of nitrogens with zero attached hydrogens (tertiary/aromatic N) is 1. The molecule has 26 heavy (non-hydrogen) atoms. The number of aromatic amines is 2. The van der Waals surface area contributed by atoms with Crippen LogP contribution in [-0.2, 0) is 19.5 Å². The van der Waals surface area contributed by atoms with E-state index in [4.69, 9.17) is 39.8 Å². The van der Waals surface area contributed by atoms with E-state index in [2.05, 4.69) is 14.9 Å². The Kier molecular flexibility index (Phi) is 4.75. The van der Waals surface area contributed by atoms with Gasteiger partial charge in [0.1, 0.15) is 11.5 Å². The van der Waals surface area contributed by atoms with Gasteiger partial charge in [-0.2, -0.15) is 0 Å². The van der Waals surface area contributed by atoms with Crippen molar-refractivity contribution in [2.24, 2.45) is 0 Å². The third-order valence-electron chi connectivity index (χ3n) is 4.43. The van der Waals surface area contributed by atoms with Gasteiger partial charge < -0.3 is 9.40 Å². The number of fused-ring (bicyclic) bond motifs is 1. The Hall–Kier alpha value is -1.86. The molecule has 2 aromatic heterocycles. The highest BCUT2D eigenvalue weighted by molar-refractivity contribution is 7.71. The van der Waals surface area contributed by atoms with Gasteiger partial charge in [-0.05, 0) is 42.5 Å². The Balaban J connectivity index is 1.52. The number of furan rings is 1. The number of hydrogen-bond acceptors (Lipinski definition) is 4. The van der Waals surface area contributed by atoms with Gasteiger partial charge in [-0.25, -0.2) is 0 Å². The van der Waals surface area contributed by atoms with Crippen LogP contribution in [0.4, 0.5) is 0 Å². The Morgan fingerprint density at radius 1 is 1.15 bits per heavy atom. The van der Waals surface area contributed by atoms with Crippen molar-refractivity contribution in [1.82, 2.24) is 14.9 Å². The van der Waals surface area contributed by atoms with Crippen molar-refractivity contribution in [3.63, 3.8) is 0 Å². The van der Waals surface area contributed by atoms with E-state index in [-0.39, 0.29) is 5.56 Å². The number of halogens is 2. The van der Waals surface area contributed by atoms with Gasteiger partial charge in [-0.3, -0.25) is 14.7 Å². The number of nitrogens with one attached hydrogen (secondary N) is 2. The zero-order valence-electron chi connectivity index (χ0n) is 13.6. The van der Waals surface area contributed by atoms with Crippen molar-refractivity contribution >= 4 is 35.4 Å². The first-order chi connectivity index (χ1) is 12.5. The second kappa shape index (κ2) is 7.04. The molecule has 4 rings (SSSR count). The first kappa shape index (κ1) is 17.5. The number of rotatable bonds is 3. The second-order valence-electron chi connectivity index (χ2n) is 6.22. The molecule has 8 heteroatoms. The lowest BCUT2D eigenvalue weighted by Gasteiger charge is -2.26. The molecule has 134 valence electrons. The topological polar surface area (TPSA) is 65.0 Å². The van der Waals surface area contributed by atoms with Crippen molar-refractivity contribution in [3.05, 3.63) is 72.5 Å². The summed E-state index contributed by atoms with van der Waals surface area (Å²) in [6.07, 6.45) is 0.753. The molecular weight excluding hydrogens is 393 g/mol. The molecule has 0 radical (unpaired) electrons. The molecule has 5 nitrogen and oxygen atoms in total. The van der Waals surface area contributed by atoms with Crippen LogP contribution in [0, 0.1) is 4.77 Å². The van der Waals surface area contributed by atoms with E-state index in [9.17, 15) is 4.79 Å². The van der Waals surface area contributed by atoms with Crippen molar-refractivity contribution in [2.75, 3.05) is 6.54 Å². The summed E-state index contributed by atoms with van der Waals surface area (Å²) in [5.74, 6) is 1.56. The molecule has 0 bridgehead atoms. The maximum Gasteiger partial charge on any atom is 0.256 e. The van der Waals surface area contributed by atoms with Crippen LogP contribution < -0.4 is 5.56 Å². The summed E-state index contributed by atoms with van der Waals surface area (Å²) in [5, 5.41) is 1.00. The van der Waals surface area contributed by atoms with Gasteiger partial charge in [0.25, 0.3) is 5.56 Å². The summed E-state index contributed by atoms with van der Waals surface area (Å²) in [6, 6.07) is 9.26. The van der Waals surface area contributed by atoms with Crippen molar-refractivity contribution in [1.29, 1.82) is 0 Å². The molecule has 0 spiro atoms. The molecular formula is C18H15Cl2N3O2S. The first-order valence-corrected chi connectivity index (χ1v) is 9.27. The average molecular weight is 408 g/mol. The molecule has 0 aliphatic carbocycles. The minimum atomic E-state index is -0.121. The minimum absolute atomic E-state index is 0.121. The Morgan fingerprint density at radius 3 is 2.81 bits per heavy atom. The molecule has 3 aromatic rings. The molecule has 3 heterocycles. The van der Waals surface area contributed by atoms with Gasteiger partial charge in [-0.15, -0.1) is 0 Å². The molecule has 1 aliphatic heterocycles. The van der Waals surface area contributed by atoms with Crippen LogP contribution in [-0.4, -0.2) is 21.4 Å². The SMILES string of the molecule is O=c1[nH]c(=S)[nH]c2c1CN(Cc1ccc(-c3ccc(Cl)c(Cl)c3)o1)CC2. The van der Waals surface area contributed by atoms with Crippen LogP contribution in [0.3, 0.4) is 0 Å². The lowest BCUT2D eigenvalue weighted by Crippen LogP contribution is -2.35. The minimum Gasteiger partial charge on any atom is -0.460 e.